The van der Waals surface area contributed by atoms with E-state index in [4.69, 9.17) is 17.8 Å². The number of rotatable bonds is 4. The average Bonchev–Trinajstić information content (AvgIpc) is 2.64. The van der Waals surface area contributed by atoms with Crippen molar-refractivity contribution in [2.75, 3.05) is 0 Å². The molecule has 1 aromatic heterocycles. The van der Waals surface area contributed by atoms with Crippen LogP contribution in [0.25, 0.3) is 11.3 Å². The monoisotopic (exact) mass is 341 g/mol. The molecule has 1 aromatic carbocycles. The first-order chi connectivity index (χ1) is 15.9. The van der Waals surface area contributed by atoms with Gasteiger partial charge in [-0.1, -0.05) is 33.6 Å². The number of thioether (sulfide) groups is 1. The molecule has 0 saturated carbocycles. The third-order valence-corrected chi connectivity index (χ3v) is 4.57. The maximum absolute atomic E-state index is 8.69. The Morgan fingerprint density at radius 2 is 1.78 bits per heavy atom. The van der Waals surface area contributed by atoms with Gasteiger partial charge in [0.25, 0.3) is 0 Å². The molecular weight excluding hydrogens is 298 g/mol. The van der Waals surface area contributed by atoms with Gasteiger partial charge in [0.1, 0.15) is 7.05 Å². The van der Waals surface area contributed by atoms with Crippen LogP contribution in [0.5, 0.6) is 0 Å². The zero-order valence-corrected chi connectivity index (χ0v) is 14.6. The number of benzene rings is 1. The van der Waals surface area contributed by atoms with Crippen LogP contribution in [-0.4, -0.2) is 5.25 Å². The van der Waals surface area contributed by atoms with E-state index in [-0.39, 0.29) is 26.8 Å². The molecule has 0 unspecified atom stereocenters. The molecule has 0 bridgehead atoms. The molecule has 0 saturated heterocycles. The van der Waals surface area contributed by atoms with Crippen LogP contribution in [0, 0.1) is 20.6 Å². The maximum atomic E-state index is 8.69. The van der Waals surface area contributed by atoms with E-state index in [0.717, 1.165) is 0 Å². The van der Waals surface area contributed by atoms with Crippen molar-refractivity contribution in [3.8, 4) is 11.3 Å². The highest BCUT2D eigenvalue weighted by Gasteiger charge is 2.20. The van der Waals surface area contributed by atoms with E-state index in [1.54, 1.807) is 13.0 Å². The van der Waals surface area contributed by atoms with Gasteiger partial charge in [0, 0.05) is 45.2 Å². The van der Waals surface area contributed by atoms with Gasteiger partial charge in [-0.3, -0.25) is 0 Å². The Labute approximate surface area is 164 Å². The number of hydrogen-bond donors (Lipinski definition) is 0. The second-order valence-electron chi connectivity index (χ2n) is 5.80. The van der Waals surface area contributed by atoms with Gasteiger partial charge in [-0.25, -0.2) is 4.57 Å². The average molecular weight is 342 g/mol. The molecule has 2 aromatic rings. The Kier molecular flexibility index (Phi) is 2.25. The summed E-state index contributed by atoms with van der Waals surface area (Å²) in [4.78, 5) is 0.259. The number of hydrogen-bond acceptors (Lipinski definition) is 1. The van der Waals surface area contributed by atoms with Gasteiger partial charge in [0.2, 0.25) is 5.69 Å². The zero-order valence-electron chi connectivity index (χ0n) is 26.7. The van der Waals surface area contributed by atoms with Crippen LogP contribution < -0.4 is 4.57 Å². The molecule has 0 N–H and O–H groups in total. The lowest BCUT2D eigenvalue weighted by Crippen LogP contribution is -2.32. The molecule has 124 valence electrons. The standard InChI is InChI=1S/C21H30NS/c1-13(2)19-12-22(8)20(11-21(19)23-14(3)4)18-10-16(6)15(5)9-17(18)7/h9-14H,1-8H3/q+1/i1D3,2D3,5D3,6D3,13D. The number of pyridine rings is 1. The molecule has 0 atom stereocenters. The molecule has 1 heterocycles. The van der Waals surface area contributed by atoms with E-state index in [1.165, 1.54) is 41.7 Å². The third kappa shape index (κ3) is 3.98. The van der Waals surface area contributed by atoms with E-state index in [9.17, 15) is 0 Å². The summed E-state index contributed by atoms with van der Waals surface area (Å²) >= 11 is 1.19. The largest absolute Gasteiger partial charge is 0.213 e. The van der Waals surface area contributed by atoms with E-state index in [0.29, 0.717) is 16.8 Å². The van der Waals surface area contributed by atoms with Crippen LogP contribution in [0.2, 0.25) is 0 Å². The summed E-state index contributed by atoms with van der Waals surface area (Å²) in [6.45, 7) is -6.41. The summed E-state index contributed by atoms with van der Waals surface area (Å²) in [7, 11) is 1.54. The molecule has 0 spiro atoms. The van der Waals surface area contributed by atoms with Crippen molar-refractivity contribution in [2.24, 2.45) is 7.05 Å². The fourth-order valence-corrected chi connectivity index (χ4v) is 3.39. The van der Waals surface area contributed by atoms with Crippen molar-refractivity contribution in [3.63, 3.8) is 0 Å². The molecular formula is C21H30NS+. The Hall–Kier alpha value is -1.28. The minimum Gasteiger partial charge on any atom is -0.201 e. The molecule has 0 amide bonds. The molecule has 0 aliphatic rings. The summed E-state index contributed by atoms with van der Waals surface area (Å²) in [5.41, 5.74) is 0.481. The van der Waals surface area contributed by atoms with Crippen molar-refractivity contribution in [3.05, 3.63) is 46.6 Å². The van der Waals surface area contributed by atoms with Gasteiger partial charge in [0.15, 0.2) is 6.20 Å². The summed E-state index contributed by atoms with van der Waals surface area (Å²) in [5, 5.41) is -0.0984. The van der Waals surface area contributed by atoms with E-state index in [2.05, 4.69) is 0 Å². The minimum atomic E-state index is -3.18. The first kappa shape index (κ1) is 7.31. The number of aromatic nitrogens is 1. The van der Waals surface area contributed by atoms with Crippen molar-refractivity contribution < 1.29 is 22.4 Å². The summed E-state index contributed by atoms with van der Waals surface area (Å²) in [6.07, 6.45) is 1.29. The minimum absolute atomic E-state index is 0.0984. The van der Waals surface area contributed by atoms with Crippen molar-refractivity contribution >= 4 is 11.8 Å². The van der Waals surface area contributed by atoms with Crippen LogP contribution in [0.4, 0.5) is 0 Å². The Bertz CT molecular complexity index is 1110. The highest BCUT2D eigenvalue weighted by Crippen LogP contribution is 2.34. The fourth-order valence-electron chi connectivity index (χ4n) is 2.42. The Morgan fingerprint density at radius 3 is 2.39 bits per heavy atom. The predicted molar refractivity (Wildman–Crippen MR) is 102 cm³/mol. The van der Waals surface area contributed by atoms with Crippen LogP contribution in [-0.2, 0) is 7.05 Å². The fraction of sp³-hybridized carbons (Fsp3) is 0.476. The topological polar surface area (TPSA) is 3.88 Å². The summed E-state index contributed by atoms with van der Waals surface area (Å²) < 4.78 is 105. The highest BCUT2D eigenvalue weighted by atomic mass is 32.2. The number of nitrogens with zero attached hydrogens (tertiary/aromatic N) is 1. The second kappa shape index (κ2) is 7.09. The van der Waals surface area contributed by atoms with Crippen molar-refractivity contribution in [1.82, 2.24) is 0 Å². The maximum Gasteiger partial charge on any atom is 0.213 e. The van der Waals surface area contributed by atoms with Gasteiger partial charge in [-0.15, -0.1) is 11.8 Å². The second-order valence-corrected chi connectivity index (χ2v) is 7.42. The molecule has 0 fully saturated rings. The lowest BCUT2D eigenvalue weighted by atomic mass is 9.97. The third-order valence-electron chi connectivity index (χ3n) is 3.51. The van der Waals surface area contributed by atoms with Gasteiger partial charge in [-0.05, 0) is 49.3 Å². The molecule has 0 radical (unpaired) electrons. The van der Waals surface area contributed by atoms with Crippen LogP contribution in [0.1, 0.15) is 73.5 Å². The van der Waals surface area contributed by atoms with E-state index >= 15 is 0 Å². The van der Waals surface area contributed by atoms with Gasteiger partial charge >= 0.3 is 0 Å². The van der Waals surface area contributed by atoms with Crippen LogP contribution in [0.3, 0.4) is 0 Å². The molecule has 0 aliphatic heterocycles. The molecule has 2 heteroatoms. The highest BCUT2D eigenvalue weighted by molar-refractivity contribution is 8.00. The van der Waals surface area contributed by atoms with Crippen LogP contribution in [0.15, 0.2) is 29.3 Å². The molecule has 23 heavy (non-hydrogen) atoms. The Balaban J connectivity index is 2.98. The van der Waals surface area contributed by atoms with E-state index in [1.807, 2.05) is 13.8 Å². The Morgan fingerprint density at radius 1 is 1.09 bits per heavy atom. The lowest BCUT2D eigenvalue weighted by Gasteiger charge is -2.15. The SMILES string of the molecule is [2H]C([2H])([2H])c1cc(C)c(-c2cc(SC(C)C)c(C([2H])(C([2H])([2H])[2H])C([2H])([2H])[2H])c[n+]2C)cc1C([2H])([2H])[2H]. The smallest absolute Gasteiger partial charge is 0.201 e. The first-order valence-corrected chi connectivity index (χ1v) is 8.17. The quantitative estimate of drug-likeness (QED) is 0.507. The van der Waals surface area contributed by atoms with Gasteiger partial charge < -0.3 is 0 Å². The van der Waals surface area contributed by atoms with Crippen LogP contribution >= 0.6 is 11.8 Å². The summed E-state index contributed by atoms with van der Waals surface area (Å²) in [5.74, 6) is -2.92. The first-order valence-electron chi connectivity index (χ1n) is 13.8. The predicted octanol–water partition coefficient (Wildman–Crippen LogP) is 5.73. The van der Waals surface area contributed by atoms with Crippen molar-refractivity contribution in [1.29, 1.82) is 0 Å². The molecule has 2 rings (SSSR count). The normalized spacial score (nSPS) is 22.6. The number of aryl methyl sites for hydroxylation is 4. The molecule has 1 nitrogen and oxygen atoms in total. The molecule has 0 aliphatic carbocycles. The van der Waals surface area contributed by atoms with E-state index < -0.39 is 33.3 Å². The summed E-state index contributed by atoms with van der Waals surface area (Å²) in [6, 6.07) is 4.15. The van der Waals surface area contributed by atoms with Gasteiger partial charge in [0.05, 0.1) is 0 Å². The lowest BCUT2D eigenvalue weighted by molar-refractivity contribution is -0.661. The van der Waals surface area contributed by atoms with Crippen molar-refractivity contribution in [2.45, 2.75) is 64.2 Å². The zero-order chi connectivity index (χ0) is 28.2. The van der Waals surface area contributed by atoms with Gasteiger partial charge in [-0.2, -0.15) is 0 Å².